The van der Waals surface area contributed by atoms with Crippen LogP contribution in [0.4, 0.5) is 0 Å². The molecule has 174 valence electrons. The van der Waals surface area contributed by atoms with Gasteiger partial charge in [-0.1, -0.05) is 51.5 Å². The summed E-state index contributed by atoms with van der Waals surface area (Å²) in [6, 6.07) is 5.17. The van der Waals surface area contributed by atoms with E-state index in [1.807, 2.05) is 0 Å². The minimum atomic E-state index is -0.898. The lowest BCUT2D eigenvalue weighted by Crippen LogP contribution is -2.40. The molecule has 0 aliphatic heterocycles. The van der Waals surface area contributed by atoms with Crippen molar-refractivity contribution in [2.75, 3.05) is 13.7 Å². The van der Waals surface area contributed by atoms with Crippen LogP contribution in [-0.4, -0.2) is 72.8 Å². The molecule has 32 heavy (non-hydrogen) atoms. The third-order valence-electron chi connectivity index (χ3n) is 4.44. The van der Waals surface area contributed by atoms with Gasteiger partial charge in [-0.15, -0.1) is 5.10 Å². The maximum Gasteiger partial charge on any atom is 0.271 e. The SMILES string of the molecule is CO[C@@H](Cn1cc(-c2csc(O)n2)nn1)C(OC(CO)[C@@H](C)O)Sc1ccc(Cl)c(Cl)c1. The van der Waals surface area contributed by atoms with Gasteiger partial charge in [0, 0.05) is 17.4 Å². The number of aliphatic hydroxyl groups excluding tert-OH is 2. The van der Waals surface area contributed by atoms with E-state index in [0.29, 0.717) is 21.4 Å². The van der Waals surface area contributed by atoms with Crippen LogP contribution in [0, 0.1) is 0 Å². The smallest absolute Gasteiger partial charge is 0.271 e. The summed E-state index contributed by atoms with van der Waals surface area (Å²) in [7, 11) is 1.53. The number of halogens is 2. The molecule has 9 nitrogen and oxygen atoms in total. The van der Waals surface area contributed by atoms with Crippen molar-refractivity contribution >= 4 is 46.3 Å². The molecule has 0 radical (unpaired) electrons. The average Bonchev–Trinajstić information content (AvgIpc) is 3.40. The maximum absolute atomic E-state index is 9.96. The van der Waals surface area contributed by atoms with E-state index >= 15 is 0 Å². The van der Waals surface area contributed by atoms with Crippen LogP contribution in [0.2, 0.25) is 10.0 Å². The summed E-state index contributed by atoms with van der Waals surface area (Å²) in [5.41, 5.74) is 0.378. The standard InChI is InChI=1S/C19H22Cl2N4O5S2/c1-10(27)17(8-26)30-18(32-11-3-4-12(20)13(21)5-11)16(29-2)7-25-6-14(23-24-25)15-9-31-19(28)22-15/h3-6,9-10,16-18,26-27H,7-8H2,1-2H3,(H,22,28)/t10-,16+,17?,18?/m1/s1. The first kappa shape index (κ1) is 25.2. The predicted octanol–water partition coefficient (Wildman–Crippen LogP) is 3.31. The largest absolute Gasteiger partial charge is 0.486 e. The quantitative estimate of drug-likeness (QED) is 0.258. The van der Waals surface area contributed by atoms with Crippen molar-refractivity contribution in [3.63, 3.8) is 0 Å². The van der Waals surface area contributed by atoms with Crippen molar-refractivity contribution < 1.29 is 24.8 Å². The summed E-state index contributed by atoms with van der Waals surface area (Å²) >= 11 is 14.6. The van der Waals surface area contributed by atoms with E-state index in [0.717, 1.165) is 16.2 Å². The van der Waals surface area contributed by atoms with Crippen LogP contribution < -0.4 is 0 Å². The molecule has 4 atom stereocenters. The number of methoxy groups -OCH3 is 1. The number of ether oxygens (including phenoxy) is 2. The molecule has 1 aromatic carbocycles. The second-order valence-corrected chi connectivity index (χ2v) is 9.60. The number of hydrogen-bond acceptors (Lipinski definition) is 10. The van der Waals surface area contributed by atoms with E-state index in [2.05, 4.69) is 15.3 Å². The second kappa shape index (κ2) is 11.6. The lowest BCUT2D eigenvalue weighted by atomic mass is 10.2. The molecular weight excluding hydrogens is 499 g/mol. The molecule has 3 rings (SSSR count). The van der Waals surface area contributed by atoms with Crippen molar-refractivity contribution in [3.8, 4) is 16.6 Å². The predicted molar refractivity (Wildman–Crippen MR) is 123 cm³/mol. The van der Waals surface area contributed by atoms with Gasteiger partial charge in [0.2, 0.25) is 0 Å². The highest BCUT2D eigenvalue weighted by Crippen LogP contribution is 2.34. The van der Waals surface area contributed by atoms with Gasteiger partial charge in [0.25, 0.3) is 5.19 Å². The van der Waals surface area contributed by atoms with Gasteiger partial charge in [-0.2, -0.15) is 0 Å². The highest BCUT2D eigenvalue weighted by atomic mass is 35.5. The van der Waals surface area contributed by atoms with Gasteiger partial charge < -0.3 is 24.8 Å². The van der Waals surface area contributed by atoms with Crippen LogP contribution in [0.25, 0.3) is 11.4 Å². The van der Waals surface area contributed by atoms with Gasteiger partial charge in [0.15, 0.2) is 0 Å². The molecule has 0 bridgehead atoms. The van der Waals surface area contributed by atoms with Gasteiger partial charge in [0.05, 0.1) is 35.5 Å². The molecule has 0 aliphatic rings. The van der Waals surface area contributed by atoms with Crippen molar-refractivity contribution in [2.45, 2.75) is 42.1 Å². The van der Waals surface area contributed by atoms with Gasteiger partial charge in [-0.05, 0) is 25.1 Å². The van der Waals surface area contributed by atoms with Crippen molar-refractivity contribution in [2.24, 2.45) is 0 Å². The van der Waals surface area contributed by atoms with Crippen LogP contribution in [0.5, 0.6) is 5.19 Å². The number of nitrogens with zero attached hydrogens (tertiary/aromatic N) is 4. The fraction of sp³-hybridized carbons (Fsp3) is 0.421. The Morgan fingerprint density at radius 1 is 1.22 bits per heavy atom. The number of hydrogen-bond donors (Lipinski definition) is 3. The normalized spacial score (nSPS) is 15.4. The Morgan fingerprint density at radius 3 is 2.59 bits per heavy atom. The molecule has 13 heteroatoms. The minimum absolute atomic E-state index is 0.0519. The van der Waals surface area contributed by atoms with Crippen LogP contribution >= 0.6 is 46.3 Å². The summed E-state index contributed by atoms with van der Waals surface area (Å²) in [6.45, 7) is 1.43. The summed E-state index contributed by atoms with van der Waals surface area (Å²) < 4.78 is 13.3. The fourth-order valence-electron chi connectivity index (χ4n) is 2.70. The monoisotopic (exact) mass is 520 g/mol. The molecule has 0 spiro atoms. The lowest BCUT2D eigenvalue weighted by molar-refractivity contribution is -0.105. The number of benzene rings is 1. The summed E-state index contributed by atoms with van der Waals surface area (Å²) in [5, 5.41) is 39.7. The second-order valence-electron chi connectivity index (χ2n) is 6.78. The van der Waals surface area contributed by atoms with E-state index < -0.39 is 23.7 Å². The Kier molecular flexibility index (Phi) is 9.14. The number of aliphatic hydroxyl groups is 2. The highest BCUT2D eigenvalue weighted by Gasteiger charge is 2.29. The molecule has 3 aromatic rings. The molecule has 0 saturated carbocycles. The van der Waals surface area contributed by atoms with Crippen molar-refractivity contribution in [1.29, 1.82) is 0 Å². The van der Waals surface area contributed by atoms with E-state index in [1.54, 1.807) is 34.5 Å². The molecule has 0 saturated heterocycles. The molecule has 0 fully saturated rings. The van der Waals surface area contributed by atoms with E-state index in [9.17, 15) is 15.3 Å². The number of thioether (sulfide) groups is 1. The Bertz CT molecular complexity index is 1020. The Labute approximate surface area is 202 Å². The van der Waals surface area contributed by atoms with Crippen LogP contribution in [0.15, 0.2) is 34.7 Å². The first-order valence-electron chi connectivity index (χ1n) is 9.44. The van der Waals surface area contributed by atoms with Gasteiger partial charge >= 0.3 is 0 Å². The average molecular weight is 521 g/mol. The topological polar surface area (TPSA) is 123 Å². The van der Waals surface area contributed by atoms with Crippen LogP contribution in [0.1, 0.15) is 6.92 Å². The van der Waals surface area contributed by atoms with Crippen molar-refractivity contribution in [1.82, 2.24) is 20.0 Å². The van der Waals surface area contributed by atoms with E-state index in [4.69, 9.17) is 32.7 Å². The van der Waals surface area contributed by atoms with Crippen LogP contribution in [0.3, 0.4) is 0 Å². The summed E-state index contributed by atoms with van der Waals surface area (Å²) in [4.78, 5) is 4.76. The Hall–Kier alpha value is -1.44. The van der Waals surface area contributed by atoms with Gasteiger partial charge in [0.1, 0.15) is 29.0 Å². The third-order valence-corrected chi connectivity index (χ3v) is 6.99. The zero-order valence-corrected chi connectivity index (χ0v) is 20.3. The number of aromatic nitrogens is 4. The molecule has 2 unspecified atom stereocenters. The molecule has 0 amide bonds. The number of thiazole rings is 1. The summed E-state index contributed by atoms with van der Waals surface area (Å²) in [6.07, 6.45) is -0.581. The maximum atomic E-state index is 9.96. The molecule has 3 N–H and O–H groups in total. The fourth-order valence-corrected chi connectivity index (χ4v) is 4.75. The van der Waals surface area contributed by atoms with E-state index in [-0.39, 0.29) is 18.3 Å². The Morgan fingerprint density at radius 2 is 2.00 bits per heavy atom. The molecule has 2 aromatic heterocycles. The van der Waals surface area contributed by atoms with Gasteiger partial charge in [-0.3, -0.25) is 0 Å². The highest BCUT2D eigenvalue weighted by molar-refractivity contribution is 7.99. The molecule has 2 heterocycles. The number of rotatable bonds is 11. The zero-order valence-electron chi connectivity index (χ0n) is 17.1. The summed E-state index contributed by atoms with van der Waals surface area (Å²) in [5.74, 6) is 0. The third kappa shape index (κ3) is 6.55. The lowest BCUT2D eigenvalue weighted by Gasteiger charge is -2.30. The molecule has 0 aliphatic carbocycles. The molecular formula is C19H22Cl2N4O5S2. The van der Waals surface area contributed by atoms with Gasteiger partial charge in [-0.25, -0.2) is 9.67 Å². The Balaban J connectivity index is 1.81. The van der Waals surface area contributed by atoms with Crippen LogP contribution in [-0.2, 0) is 16.0 Å². The number of aromatic hydroxyl groups is 1. The first-order chi connectivity index (χ1) is 15.3. The van der Waals surface area contributed by atoms with E-state index in [1.165, 1.54) is 25.8 Å². The first-order valence-corrected chi connectivity index (χ1v) is 12.0. The zero-order chi connectivity index (χ0) is 23.3. The van der Waals surface area contributed by atoms with Crippen molar-refractivity contribution in [3.05, 3.63) is 39.8 Å². The minimum Gasteiger partial charge on any atom is -0.486 e.